The molecule has 5 nitrogen and oxygen atoms in total. The Hall–Kier alpha value is -1.10. The molecule has 0 aliphatic carbocycles. The first kappa shape index (κ1) is 17.9. The van der Waals surface area contributed by atoms with Gasteiger partial charge in [-0.1, -0.05) is 38.5 Å². The molecule has 0 radical (unpaired) electrons. The van der Waals surface area contributed by atoms with Crippen LogP contribution in [0.25, 0.3) is 0 Å². The number of carboxylic acid groups (broad SMARTS) is 1. The third-order valence-electron chi connectivity index (χ3n) is 2.98. The summed E-state index contributed by atoms with van der Waals surface area (Å²) < 4.78 is 0. The van der Waals surface area contributed by atoms with Crippen molar-refractivity contribution in [2.75, 3.05) is 13.2 Å². The summed E-state index contributed by atoms with van der Waals surface area (Å²) in [5.74, 6) is -0.788. The maximum atomic E-state index is 11.0. The van der Waals surface area contributed by atoms with Crippen molar-refractivity contribution >= 4 is 11.9 Å². The maximum absolute atomic E-state index is 11.0. The van der Waals surface area contributed by atoms with Gasteiger partial charge in [-0.25, -0.2) is 0 Å². The molecule has 0 aliphatic rings. The number of unbranched alkanes of at least 4 members (excludes halogenated alkanes) is 7. The lowest BCUT2D eigenvalue weighted by Gasteiger charge is -2.04. The van der Waals surface area contributed by atoms with Crippen molar-refractivity contribution in [3.8, 4) is 0 Å². The lowest BCUT2D eigenvalue weighted by Crippen LogP contribution is -2.24. The average Bonchev–Trinajstić information content (AvgIpc) is 2.36. The van der Waals surface area contributed by atoms with Crippen molar-refractivity contribution in [1.82, 2.24) is 5.32 Å². The highest BCUT2D eigenvalue weighted by atomic mass is 16.4. The molecule has 0 saturated heterocycles. The van der Waals surface area contributed by atoms with Gasteiger partial charge in [0.05, 0.1) is 6.61 Å². The van der Waals surface area contributed by atoms with E-state index < -0.39 is 5.97 Å². The van der Waals surface area contributed by atoms with Gasteiger partial charge in [0.2, 0.25) is 5.91 Å². The van der Waals surface area contributed by atoms with Crippen LogP contribution in [0.3, 0.4) is 0 Å². The predicted molar refractivity (Wildman–Crippen MR) is 73.9 cm³/mol. The zero-order valence-electron chi connectivity index (χ0n) is 11.7. The normalized spacial score (nSPS) is 10.4. The Bertz CT molecular complexity index is 244. The fraction of sp³-hybridized carbons (Fsp3) is 0.857. The molecule has 19 heavy (non-hydrogen) atoms. The largest absolute Gasteiger partial charge is 0.481 e. The molecule has 0 heterocycles. The molecule has 1 amide bonds. The highest BCUT2D eigenvalue weighted by Crippen LogP contribution is 2.09. The summed E-state index contributed by atoms with van der Waals surface area (Å²) in [6.07, 6.45) is 8.97. The predicted octanol–water partition coefficient (Wildman–Crippen LogP) is 2.08. The summed E-state index contributed by atoms with van der Waals surface area (Å²) in [6.45, 7) is 0.602. The Morgan fingerprint density at radius 1 is 0.789 bits per heavy atom. The number of aliphatic hydroxyl groups is 1. The minimum atomic E-state index is -0.705. The molecule has 112 valence electrons. The topological polar surface area (TPSA) is 86.6 Å². The van der Waals surface area contributed by atoms with Gasteiger partial charge in [-0.3, -0.25) is 9.59 Å². The van der Waals surface area contributed by atoms with E-state index in [0.717, 1.165) is 44.9 Å². The number of nitrogens with one attached hydrogen (secondary N) is 1. The molecule has 0 saturated carbocycles. The van der Waals surface area contributed by atoms with E-state index in [1.807, 2.05) is 0 Å². The number of aliphatic hydroxyl groups excluding tert-OH is 1. The van der Waals surface area contributed by atoms with Crippen molar-refractivity contribution in [2.45, 2.75) is 64.2 Å². The van der Waals surface area contributed by atoms with Crippen LogP contribution in [0.15, 0.2) is 0 Å². The molecule has 5 heteroatoms. The smallest absolute Gasteiger partial charge is 0.303 e. The van der Waals surface area contributed by atoms with Crippen LogP contribution in [0.2, 0.25) is 0 Å². The van der Waals surface area contributed by atoms with Gasteiger partial charge in [0.15, 0.2) is 0 Å². The molecule has 0 aromatic carbocycles. The molecule has 0 bridgehead atoms. The SMILES string of the molecule is O=C(O)CCCCCCCCCCNC(=O)CCO. The number of carboxylic acids is 1. The number of aliphatic carboxylic acids is 1. The first-order valence-electron chi connectivity index (χ1n) is 7.26. The van der Waals surface area contributed by atoms with Crippen LogP contribution in [0.4, 0.5) is 0 Å². The first-order valence-corrected chi connectivity index (χ1v) is 7.26. The van der Waals surface area contributed by atoms with Crippen LogP contribution in [-0.2, 0) is 9.59 Å². The molecular weight excluding hydrogens is 246 g/mol. The van der Waals surface area contributed by atoms with E-state index in [2.05, 4.69) is 5.32 Å². The lowest BCUT2D eigenvalue weighted by molar-refractivity contribution is -0.137. The van der Waals surface area contributed by atoms with Crippen LogP contribution < -0.4 is 5.32 Å². The van der Waals surface area contributed by atoms with Gasteiger partial charge in [0, 0.05) is 19.4 Å². The maximum Gasteiger partial charge on any atom is 0.303 e. The van der Waals surface area contributed by atoms with Gasteiger partial charge in [0.25, 0.3) is 0 Å². The van der Waals surface area contributed by atoms with Gasteiger partial charge in [-0.05, 0) is 12.8 Å². The highest BCUT2D eigenvalue weighted by molar-refractivity contribution is 5.75. The second-order valence-electron chi connectivity index (χ2n) is 4.80. The van der Waals surface area contributed by atoms with E-state index in [9.17, 15) is 9.59 Å². The molecule has 0 spiro atoms. The second-order valence-corrected chi connectivity index (χ2v) is 4.80. The van der Waals surface area contributed by atoms with Gasteiger partial charge in [-0.15, -0.1) is 0 Å². The Morgan fingerprint density at radius 2 is 1.32 bits per heavy atom. The number of carbonyl (C=O) groups excluding carboxylic acids is 1. The minimum Gasteiger partial charge on any atom is -0.481 e. The number of hydrogen-bond donors (Lipinski definition) is 3. The fourth-order valence-electron chi connectivity index (χ4n) is 1.88. The first-order chi connectivity index (χ1) is 9.16. The van der Waals surface area contributed by atoms with Gasteiger partial charge in [-0.2, -0.15) is 0 Å². The van der Waals surface area contributed by atoms with E-state index in [4.69, 9.17) is 10.2 Å². The van der Waals surface area contributed by atoms with Gasteiger partial charge in [0.1, 0.15) is 0 Å². The molecule has 3 N–H and O–H groups in total. The highest BCUT2D eigenvalue weighted by Gasteiger charge is 1.98. The van der Waals surface area contributed by atoms with Crippen molar-refractivity contribution in [2.24, 2.45) is 0 Å². The Kier molecular flexibility index (Phi) is 12.6. The Labute approximate surface area is 115 Å². The summed E-state index contributed by atoms with van der Waals surface area (Å²) in [6, 6.07) is 0. The summed E-state index contributed by atoms with van der Waals surface area (Å²) in [5.41, 5.74) is 0. The molecule has 0 fully saturated rings. The summed E-state index contributed by atoms with van der Waals surface area (Å²) in [5, 5.41) is 19.8. The van der Waals surface area contributed by atoms with Crippen LogP contribution in [0, 0.1) is 0 Å². The Balaban J connectivity index is 3.06. The van der Waals surface area contributed by atoms with Crippen molar-refractivity contribution in [1.29, 1.82) is 0 Å². The van der Waals surface area contributed by atoms with Crippen LogP contribution in [0.1, 0.15) is 64.2 Å². The number of amides is 1. The number of carbonyl (C=O) groups is 2. The molecule has 0 unspecified atom stereocenters. The summed E-state index contributed by atoms with van der Waals surface area (Å²) >= 11 is 0. The molecular formula is C14H27NO4. The van der Waals surface area contributed by atoms with Crippen molar-refractivity contribution < 1.29 is 19.8 Å². The van der Waals surface area contributed by atoms with E-state index in [0.29, 0.717) is 6.54 Å². The van der Waals surface area contributed by atoms with Crippen molar-refractivity contribution in [3.63, 3.8) is 0 Å². The average molecular weight is 273 g/mol. The zero-order valence-corrected chi connectivity index (χ0v) is 11.7. The fourth-order valence-corrected chi connectivity index (χ4v) is 1.88. The van der Waals surface area contributed by atoms with Crippen LogP contribution >= 0.6 is 0 Å². The lowest BCUT2D eigenvalue weighted by atomic mass is 10.1. The number of hydrogen-bond acceptors (Lipinski definition) is 3. The van der Waals surface area contributed by atoms with Crippen LogP contribution in [-0.4, -0.2) is 35.2 Å². The molecule has 0 atom stereocenters. The zero-order chi connectivity index (χ0) is 14.3. The minimum absolute atomic E-state index is 0.0825. The quantitative estimate of drug-likeness (QED) is 0.448. The summed E-state index contributed by atoms with van der Waals surface area (Å²) in [4.78, 5) is 21.3. The third kappa shape index (κ3) is 14.8. The van der Waals surface area contributed by atoms with E-state index in [-0.39, 0.29) is 25.4 Å². The van der Waals surface area contributed by atoms with Gasteiger partial charge < -0.3 is 15.5 Å². The molecule has 0 aromatic rings. The second kappa shape index (κ2) is 13.3. The number of rotatable bonds is 13. The third-order valence-corrected chi connectivity index (χ3v) is 2.98. The molecule has 0 aliphatic heterocycles. The van der Waals surface area contributed by atoms with Crippen molar-refractivity contribution in [3.05, 3.63) is 0 Å². The standard InChI is InChI=1S/C14H27NO4/c16-12-10-13(17)15-11-8-6-4-2-1-3-5-7-9-14(18)19/h16H,1-12H2,(H,15,17)(H,18,19). The molecule has 0 aromatic heterocycles. The van der Waals surface area contributed by atoms with Crippen LogP contribution in [0.5, 0.6) is 0 Å². The van der Waals surface area contributed by atoms with E-state index in [1.54, 1.807) is 0 Å². The monoisotopic (exact) mass is 273 g/mol. The van der Waals surface area contributed by atoms with E-state index in [1.165, 1.54) is 6.42 Å². The molecule has 0 rings (SSSR count). The summed E-state index contributed by atoms with van der Waals surface area (Å²) in [7, 11) is 0. The van der Waals surface area contributed by atoms with E-state index >= 15 is 0 Å². The van der Waals surface area contributed by atoms with Gasteiger partial charge >= 0.3 is 5.97 Å². The Morgan fingerprint density at radius 3 is 1.84 bits per heavy atom.